The van der Waals surface area contributed by atoms with E-state index in [0.717, 1.165) is 11.1 Å². The van der Waals surface area contributed by atoms with Crippen LogP contribution < -0.4 is 5.73 Å². The third-order valence-electron chi connectivity index (χ3n) is 2.48. The van der Waals surface area contributed by atoms with Crippen molar-refractivity contribution < 1.29 is 14.5 Å². The molecule has 1 aromatic rings. The van der Waals surface area contributed by atoms with E-state index < -0.39 is 16.9 Å². The van der Waals surface area contributed by atoms with Gasteiger partial charge in [0.05, 0.1) is 12.0 Å². The number of nitro groups is 1. The maximum Gasteiger partial charge on any atom is 0.322 e. The Kier molecular flexibility index (Phi) is 4.17. The van der Waals surface area contributed by atoms with E-state index >= 15 is 0 Å². The number of nitro benzene ring substituents is 1. The summed E-state index contributed by atoms with van der Waals surface area (Å²) in [4.78, 5) is 21.2. The molecule has 0 aliphatic rings. The molecule has 0 spiro atoms. The number of nitrogens with two attached hydrogens (primary N) is 1. The van der Waals surface area contributed by atoms with Crippen LogP contribution in [-0.2, 0) is 16.0 Å². The molecule has 92 valence electrons. The molecule has 0 aliphatic heterocycles. The van der Waals surface area contributed by atoms with Crippen LogP contribution in [-0.4, -0.2) is 24.0 Å². The highest BCUT2D eigenvalue weighted by atomic mass is 16.6. The molecule has 0 aromatic heterocycles. The molecule has 1 atom stereocenters. The number of carbonyl (C=O) groups is 1. The molecule has 0 radical (unpaired) electrons. The zero-order valence-electron chi connectivity index (χ0n) is 9.67. The van der Waals surface area contributed by atoms with E-state index in [2.05, 4.69) is 4.74 Å². The van der Waals surface area contributed by atoms with Crippen molar-refractivity contribution in [1.82, 2.24) is 0 Å². The molecule has 6 heteroatoms. The summed E-state index contributed by atoms with van der Waals surface area (Å²) >= 11 is 0. The normalized spacial score (nSPS) is 11.9. The standard InChI is InChI=1S/C11H14N2O4/c1-7-5-9(13(15)16)4-3-8(7)6-10(12)11(14)17-2/h3-5,10H,6,12H2,1-2H3. The average molecular weight is 238 g/mol. The molecular weight excluding hydrogens is 224 g/mol. The van der Waals surface area contributed by atoms with Crippen molar-refractivity contribution in [2.24, 2.45) is 5.73 Å². The maximum atomic E-state index is 11.1. The molecule has 0 fully saturated rings. The van der Waals surface area contributed by atoms with Crippen LogP contribution in [0.1, 0.15) is 11.1 Å². The lowest BCUT2D eigenvalue weighted by atomic mass is 10.0. The number of hydrogen-bond acceptors (Lipinski definition) is 5. The number of nitrogens with zero attached hydrogens (tertiary/aromatic N) is 1. The quantitative estimate of drug-likeness (QED) is 0.478. The highest BCUT2D eigenvalue weighted by molar-refractivity contribution is 5.75. The minimum absolute atomic E-state index is 0.0258. The lowest BCUT2D eigenvalue weighted by molar-refractivity contribution is -0.384. The predicted molar refractivity (Wildman–Crippen MR) is 61.5 cm³/mol. The van der Waals surface area contributed by atoms with E-state index in [1.807, 2.05) is 0 Å². The van der Waals surface area contributed by atoms with Gasteiger partial charge >= 0.3 is 5.97 Å². The second-order valence-electron chi connectivity index (χ2n) is 3.70. The van der Waals surface area contributed by atoms with Crippen LogP contribution in [0.15, 0.2) is 18.2 Å². The van der Waals surface area contributed by atoms with Crippen LogP contribution in [0, 0.1) is 17.0 Å². The van der Waals surface area contributed by atoms with Gasteiger partial charge in [-0.2, -0.15) is 0 Å². The molecule has 1 unspecified atom stereocenters. The van der Waals surface area contributed by atoms with Crippen molar-refractivity contribution in [3.8, 4) is 0 Å². The summed E-state index contributed by atoms with van der Waals surface area (Å²) in [5.41, 5.74) is 7.18. The smallest absolute Gasteiger partial charge is 0.322 e. The lowest BCUT2D eigenvalue weighted by Gasteiger charge is -2.11. The van der Waals surface area contributed by atoms with Gasteiger partial charge in [0.1, 0.15) is 6.04 Å². The number of carbonyl (C=O) groups excluding carboxylic acids is 1. The Morgan fingerprint density at radius 2 is 2.24 bits per heavy atom. The van der Waals surface area contributed by atoms with Crippen LogP contribution in [0.2, 0.25) is 0 Å². The molecule has 1 rings (SSSR count). The third-order valence-corrected chi connectivity index (χ3v) is 2.48. The molecule has 0 saturated carbocycles. The Balaban J connectivity index is 2.86. The van der Waals surface area contributed by atoms with Gasteiger partial charge in [0.15, 0.2) is 0 Å². The monoisotopic (exact) mass is 238 g/mol. The van der Waals surface area contributed by atoms with Gasteiger partial charge in [-0.3, -0.25) is 14.9 Å². The van der Waals surface area contributed by atoms with Crippen molar-refractivity contribution in [3.63, 3.8) is 0 Å². The summed E-state index contributed by atoms with van der Waals surface area (Å²) in [7, 11) is 1.27. The Bertz CT molecular complexity index is 445. The number of benzene rings is 1. The molecule has 1 aromatic carbocycles. The van der Waals surface area contributed by atoms with E-state index in [1.54, 1.807) is 13.0 Å². The molecular formula is C11H14N2O4. The van der Waals surface area contributed by atoms with Crippen LogP contribution in [0.25, 0.3) is 0 Å². The second-order valence-corrected chi connectivity index (χ2v) is 3.70. The molecule has 2 N–H and O–H groups in total. The van der Waals surface area contributed by atoms with Gasteiger partial charge in [0, 0.05) is 12.1 Å². The SMILES string of the molecule is COC(=O)C(N)Cc1ccc([N+](=O)[O-])cc1C. The first-order valence-electron chi connectivity index (χ1n) is 5.03. The van der Waals surface area contributed by atoms with Crippen molar-refractivity contribution in [2.45, 2.75) is 19.4 Å². The molecule has 0 heterocycles. The minimum Gasteiger partial charge on any atom is -0.468 e. The summed E-state index contributed by atoms with van der Waals surface area (Å²) in [6.45, 7) is 1.74. The summed E-state index contributed by atoms with van der Waals surface area (Å²) < 4.78 is 4.51. The fourth-order valence-corrected chi connectivity index (χ4v) is 1.49. The number of methoxy groups -OCH3 is 1. The Hall–Kier alpha value is -1.95. The van der Waals surface area contributed by atoms with Crippen LogP contribution >= 0.6 is 0 Å². The number of esters is 1. The fourth-order valence-electron chi connectivity index (χ4n) is 1.49. The van der Waals surface area contributed by atoms with Crippen LogP contribution in [0.4, 0.5) is 5.69 Å². The summed E-state index contributed by atoms with van der Waals surface area (Å²) in [6.07, 6.45) is 0.302. The van der Waals surface area contributed by atoms with Gasteiger partial charge in [-0.1, -0.05) is 6.07 Å². The predicted octanol–water partition coefficient (Wildman–Crippen LogP) is 0.946. The number of aryl methyl sites for hydroxylation is 1. The van der Waals surface area contributed by atoms with Crippen LogP contribution in [0.5, 0.6) is 0 Å². The van der Waals surface area contributed by atoms with Gasteiger partial charge in [-0.05, 0) is 24.5 Å². The second kappa shape index (κ2) is 5.40. The first kappa shape index (κ1) is 13.1. The number of ether oxygens (including phenoxy) is 1. The molecule has 0 amide bonds. The van der Waals surface area contributed by atoms with Gasteiger partial charge < -0.3 is 10.5 Å². The Morgan fingerprint density at radius 1 is 1.59 bits per heavy atom. The van der Waals surface area contributed by atoms with E-state index in [1.165, 1.54) is 19.2 Å². The van der Waals surface area contributed by atoms with Crippen molar-refractivity contribution in [3.05, 3.63) is 39.4 Å². The molecule has 17 heavy (non-hydrogen) atoms. The Labute approximate surface area is 98.5 Å². The van der Waals surface area contributed by atoms with E-state index in [4.69, 9.17) is 5.73 Å². The lowest BCUT2D eigenvalue weighted by Crippen LogP contribution is -2.33. The topological polar surface area (TPSA) is 95.5 Å². The number of hydrogen-bond donors (Lipinski definition) is 1. The summed E-state index contributed by atoms with van der Waals surface area (Å²) in [5, 5.41) is 10.5. The Morgan fingerprint density at radius 3 is 2.71 bits per heavy atom. The first-order valence-corrected chi connectivity index (χ1v) is 5.03. The average Bonchev–Trinajstić information content (AvgIpc) is 2.30. The summed E-state index contributed by atoms with van der Waals surface area (Å²) in [5.74, 6) is -0.497. The molecule has 6 nitrogen and oxygen atoms in total. The molecule has 0 bridgehead atoms. The van der Waals surface area contributed by atoms with Crippen molar-refractivity contribution in [2.75, 3.05) is 7.11 Å². The van der Waals surface area contributed by atoms with Gasteiger partial charge in [-0.15, -0.1) is 0 Å². The summed E-state index contributed by atoms with van der Waals surface area (Å²) in [6, 6.07) is 3.71. The van der Waals surface area contributed by atoms with Crippen molar-refractivity contribution in [1.29, 1.82) is 0 Å². The number of non-ortho nitro benzene ring substituents is 1. The van der Waals surface area contributed by atoms with E-state index in [0.29, 0.717) is 6.42 Å². The zero-order valence-corrected chi connectivity index (χ0v) is 9.67. The van der Waals surface area contributed by atoms with Crippen molar-refractivity contribution >= 4 is 11.7 Å². The fraction of sp³-hybridized carbons (Fsp3) is 0.364. The van der Waals surface area contributed by atoms with E-state index in [-0.39, 0.29) is 5.69 Å². The minimum atomic E-state index is -0.750. The largest absolute Gasteiger partial charge is 0.468 e. The van der Waals surface area contributed by atoms with Crippen LogP contribution in [0.3, 0.4) is 0 Å². The van der Waals surface area contributed by atoms with Gasteiger partial charge in [-0.25, -0.2) is 0 Å². The maximum absolute atomic E-state index is 11.1. The highest BCUT2D eigenvalue weighted by Crippen LogP contribution is 2.18. The highest BCUT2D eigenvalue weighted by Gasteiger charge is 2.16. The first-order chi connectivity index (χ1) is 7.95. The number of rotatable bonds is 4. The van der Waals surface area contributed by atoms with Gasteiger partial charge in [0.25, 0.3) is 5.69 Å². The molecule has 0 aliphatic carbocycles. The van der Waals surface area contributed by atoms with E-state index in [9.17, 15) is 14.9 Å². The third kappa shape index (κ3) is 3.25. The molecule has 0 saturated heterocycles. The van der Waals surface area contributed by atoms with Gasteiger partial charge in [0.2, 0.25) is 0 Å². The zero-order chi connectivity index (χ0) is 13.0.